The number of para-hydroxylation sites is 2. The van der Waals surface area contributed by atoms with Gasteiger partial charge in [0, 0.05) is 26.2 Å². The molecule has 0 spiro atoms. The quantitative estimate of drug-likeness (QED) is 0.927. The number of piperazine rings is 1. The normalized spacial score (nSPS) is 15.3. The molecular formula is C16H18N2O2S. The van der Waals surface area contributed by atoms with Gasteiger partial charge in [-0.2, -0.15) is 0 Å². The molecule has 1 amide bonds. The Kier molecular flexibility index (Phi) is 3.84. The number of benzene rings is 1. The Labute approximate surface area is 128 Å². The Balaban J connectivity index is 1.67. The molecule has 3 rings (SSSR count). The van der Waals surface area contributed by atoms with E-state index in [-0.39, 0.29) is 5.91 Å². The van der Waals surface area contributed by atoms with E-state index in [1.807, 2.05) is 41.5 Å². The average molecular weight is 302 g/mol. The van der Waals surface area contributed by atoms with Crippen LogP contribution in [0.1, 0.15) is 15.2 Å². The van der Waals surface area contributed by atoms with E-state index in [1.54, 1.807) is 6.07 Å². The number of hydrogen-bond acceptors (Lipinski definition) is 4. The van der Waals surface area contributed by atoms with E-state index < -0.39 is 0 Å². The smallest absolute Gasteiger partial charge is 0.264 e. The van der Waals surface area contributed by atoms with Crippen LogP contribution in [0.5, 0.6) is 5.75 Å². The highest BCUT2D eigenvalue weighted by Crippen LogP contribution is 2.27. The van der Waals surface area contributed by atoms with Crippen LogP contribution < -0.4 is 4.90 Å². The van der Waals surface area contributed by atoms with Gasteiger partial charge in [-0.15, -0.1) is 11.3 Å². The molecule has 0 aliphatic carbocycles. The van der Waals surface area contributed by atoms with Crippen LogP contribution >= 0.6 is 11.3 Å². The van der Waals surface area contributed by atoms with Gasteiger partial charge in [-0.25, -0.2) is 0 Å². The Morgan fingerprint density at radius 2 is 1.86 bits per heavy atom. The highest BCUT2D eigenvalue weighted by atomic mass is 32.1. The van der Waals surface area contributed by atoms with Crippen molar-refractivity contribution < 1.29 is 9.90 Å². The van der Waals surface area contributed by atoms with Gasteiger partial charge in [0.15, 0.2) is 0 Å². The van der Waals surface area contributed by atoms with Gasteiger partial charge in [0.05, 0.1) is 10.6 Å². The second-order valence-corrected chi connectivity index (χ2v) is 6.12. The molecule has 21 heavy (non-hydrogen) atoms. The topological polar surface area (TPSA) is 43.8 Å². The van der Waals surface area contributed by atoms with Crippen LogP contribution in [0.2, 0.25) is 0 Å². The van der Waals surface area contributed by atoms with Crippen LogP contribution in [0, 0.1) is 6.92 Å². The third-order valence-corrected chi connectivity index (χ3v) is 4.85. The molecule has 1 fully saturated rings. The van der Waals surface area contributed by atoms with E-state index in [9.17, 15) is 9.90 Å². The summed E-state index contributed by atoms with van der Waals surface area (Å²) < 4.78 is 0. The van der Waals surface area contributed by atoms with E-state index in [0.29, 0.717) is 18.8 Å². The predicted octanol–water partition coefficient (Wildman–Crippen LogP) is 2.72. The fraction of sp³-hybridized carbons (Fsp3) is 0.312. The fourth-order valence-electron chi connectivity index (χ4n) is 2.62. The average Bonchev–Trinajstić information content (AvgIpc) is 2.93. The van der Waals surface area contributed by atoms with Crippen LogP contribution in [-0.4, -0.2) is 42.1 Å². The molecule has 1 saturated heterocycles. The third kappa shape index (κ3) is 2.74. The number of phenols is 1. The number of rotatable bonds is 2. The molecule has 2 aromatic rings. The lowest BCUT2D eigenvalue weighted by Gasteiger charge is -2.36. The lowest BCUT2D eigenvalue weighted by atomic mass is 10.2. The summed E-state index contributed by atoms with van der Waals surface area (Å²) in [6.07, 6.45) is 0. The van der Waals surface area contributed by atoms with E-state index >= 15 is 0 Å². The summed E-state index contributed by atoms with van der Waals surface area (Å²) in [5, 5.41) is 11.9. The van der Waals surface area contributed by atoms with Crippen molar-refractivity contribution in [3.05, 3.63) is 46.2 Å². The number of carbonyl (C=O) groups excluding carboxylic acids is 1. The molecule has 4 nitrogen and oxygen atoms in total. The van der Waals surface area contributed by atoms with Crippen molar-refractivity contribution in [3.63, 3.8) is 0 Å². The summed E-state index contributed by atoms with van der Waals surface area (Å²) in [6.45, 7) is 4.83. The van der Waals surface area contributed by atoms with Crippen molar-refractivity contribution in [2.24, 2.45) is 0 Å². The lowest BCUT2D eigenvalue weighted by molar-refractivity contribution is 0.0751. The molecule has 0 atom stereocenters. The minimum absolute atomic E-state index is 0.124. The molecule has 1 aliphatic heterocycles. The highest BCUT2D eigenvalue weighted by molar-refractivity contribution is 7.12. The zero-order valence-corrected chi connectivity index (χ0v) is 12.8. The summed E-state index contributed by atoms with van der Waals surface area (Å²) in [7, 11) is 0. The number of aryl methyl sites for hydroxylation is 1. The highest BCUT2D eigenvalue weighted by Gasteiger charge is 2.24. The van der Waals surface area contributed by atoms with Gasteiger partial charge in [-0.05, 0) is 36.1 Å². The number of hydrogen-bond donors (Lipinski definition) is 1. The number of anilines is 1. The zero-order chi connectivity index (χ0) is 14.8. The van der Waals surface area contributed by atoms with E-state index in [2.05, 4.69) is 4.90 Å². The molecule has 0 radical (unpaired) electrons. The number of nitrogens with zero attached hydrogens (tertiary/aromatic N) is 2. The maximum absolute atomic E-state index is 12.5. The Morgan fingerprint density at radius 1 is 1.14 bits per heavy atom. The first-order valence-electron chi connectivity index (χ1n) is 7.03. The molecule has 110 valence electrons. The van der Waals surface area contributed by atoms with Crippen molar-refractivity contribution in [2.75, 3.05) is 31.1 Å². The summed E-state index contributed by atoms with van der Waals surface area (Å²) in [5.74, 6) is 0.422. The Bertz CT molecular complexity index is 645. The first-order chi connectivity index (χ1) is 10.2. The third-order valence-electron chi connectivity index (χ3n) is 3.85. The maximum atomic E-state index is 12.5. The Morgan fingerprint density at radius 3 is 2.48 bits per heavy atom. The predicted molar refractivity (Wildman–Crippen MR) is 85.3 cm³/mol. The van der Waals surface area contributed by atoms with E-state index in [0.717, 1.165) is 29.2 Å². The largest absolute Gasteiger partial charge is 0.506 e. The van der Waals surface area contributed by atoms with Gasteiger partial charge in [-0.3, -0.25) is 4.79 Å². The van der Waals surface area contributed by atoms with E-state index in [4.69, 9.17) is 0 Å². The summed E-state index contributed by atoms with van der Waals surface area (Å²) >= 11 is 1.51. The monoisotopic (exact) mass is 302 g/mol. The Hall–Kier alpha value is -2.01. The number of amides is 1. The molecule has 1 N–H and O–H groups in total. The number of aromatic hydroxyl groups is 1. The van der Waals surface area contributed by atoms with Gasteiger partial charge in [0.25, 0.3) is 5.91 Å². The lowest BCUT2D eigenvalue weighted by Crippen LogP contribution is -2.48. The molecule has 0 unspecified atom stereocenters. The molecule has 0 saturated carbocycles. The second-order valence-electron chi connectivity index (χ2n) is 5.20. The zero-order valence-electron chi connectivity index (χ0n) is 12.0. The van der Waals surface area contributed by atoms with Crippen molar-refractivity contribution >= 4 is 22.9 Å². The first-order valence-corrected chi connectivity index (χ1v) is 7.91. The van der Waals surface area contributed by atoms with E-state index in [1.165, 1.54) is 11.3 Å². The maximum Gasteiger partial charge on any atom is 0.264 e. The van der Waals surface area contributed by atoms with Crippen LogP contribution in [0.25, 0.3) is 0 Å². The van der Waals surface area contributed by atoms with Crippen molar-refractivity contribution in [3.8, 4) is 5.75 Å². The van der Waals surface area contributed by atoms with Gasteiger partial charge in [0.2, 0.25) is 0 Å². The van der Waals surface area contributed by atoms with Crippen LogP contribution in [-0.2, 0) is 0 Å². The fourth-order valence-corrected chi connectivity index (χ4v) is 3.51. The number of phenolic OH excluding ortho intramolecular Hbond substituents is 1. The first kappa shape index (κ1) is 13.9. The molecule has 1 aromatic carbocycles. The molecule has 5 heteroatoms. The van der Waals surface area contributed by atoms with Crippen LogP contribution in [0.3, 0.4) is 0 Å². The van der Waals surface area contributed by atoms with Gasteiger partial charge in [-0.1, -0.05) is 12.1 Å². The summed E-state index contributed by atoms with van der Waals surface area (Å²) in [4.78, 5) is 17.3. The summed E-state index contributed by atoms with van der Waals surface area (Å²) in [6, 6.07) is 9.33. The number of carbonyl (C=O) groups is 1. The van der Waals surface area contributed by atoms with Gasteiger partial charge >= 0.3 is 0 Å². The molecule has 0 bridgehead atoms. The van der Waals surface area contributed by atoms with Crippen LogP contribution in [0.4, 0.5) is 5.69 Å². The molecule has 2 heterocycles. The molecular weight excluding hydrogens is 284 g/mol. The number of thiophene rings is 1. The van der Waals surface area contributed by atoms with Crippen LogP contribution in [0.15, 0.2) is 35.7 Å². The van der Waals surface area contributed by atoms with Crippen molar-refractivity contribution in [2.45, 2.75) is 6.92 Å². The summed E-state index contributed by atoms with van der Waals surface area (Å²) in [5.41, 5.74) is 1.89. The standard InChI is InChI=1S/C16H18N2O2S/c1-12-6-11-21-15(12)16(20)18-9-7-17(8-10-18)13-4-2-3-5-14(13)19/h2-6,11,19H,7-10H2,1H3. The molecule has 1 aliphatic rings. The SMILES string of the molecule is Cc1ccsc1C(=O)N1CCN(c2ccccc2O)CC1. The van der Waals surface area contributed by atoms with Gasteiger partial charge < -0.3 is 14.9 Å². The van der Waals surface area contributed by atoms with Gasteiger partial charge in [0.1, 0.15) is 5.75 Å². The molecule has 1 aromatic heterocycles. The second kappa shape index (κ2) is 5.77. The minimum Gasteiger partial charge on any atom is -0.506 e. The van der Waals surface area contributed by atoms with Crippen molar-refractivity contribution in [1.29, 1.82) is 0 Å². The minimum atomic E-state index is 0.124. The van der Waals surface area contributed by atoms with Crippen molar-refractivity contribution in [1.82, 2.24) is 4.90 Å².